The van der Waals surface area contributed by atoms with Crippen LogP contribution >= 0.6 is 11.3 Å². The zero-order valence-corrected chi connectivity index (χ0v) is 14.2. The van der Waals surface area contributed by atoms with Crippen LogP contribution in [0.25, 0.3) is 0 Å². The number of rotatable bonds is 7. The third-order valence-electron chi connectivity index (χ3n) is 2.92. The fraction of sp³-hybridized carbons (Fsp3) is 0.286. The second-order valence-electron chi connectivity index (χ2n) is 4.45. The van der Waals surface area contributed by atoms with Gasteiger partial charge in [0, 0.05) is 11.6 Å². The molecule has 0 atom stereocenters. The van der Waals surface area contributed by atoms with Crippen LogP contribution in [0.1, 0.15) is 10.6 Å². The molecule has 9 nitrogen and oxygen atoms in total. The number of anilines is 1. The highest BCUT2D eigenvalue weighted by atomic mass is 32.1. The molecular formula is C14H17N5O4S. The first kappa shape index (κ1) is 17.5. The van der Waals surface area contributed by atoms with E-state index >= 15 is 0 Å². The van der Waals surface area contributed by atoms with Crippen molar-refractivity contribution in [2.45, 2.75) is 6.42 Å². The average Bonchev–Trinajstić information content (AvgIpc) is 2.98. The highest BCUT2D eigenvalue weighted by molar-refractivity contribution is 7.15. The smallest absolute Gasteiger partial charge is 0.247 e. The maximum atomic E-state index is 11.8. The van der Waals surface area contributed by atoms with E-state index in [0.29, 0.717) is 33.0 Å². The molecule has 1 aromatic carbocycles. The maximum Gasteiger partial charge on any atom is 0.247 e. The molecule has 128 valence electrons. The lowest BCUT2D eigenvalue weighted by atomic mass is 10.2. The first-order chi connectivity index (χ1) is 11.6. The van der Waals surface area contributed by atoms with Gasteiger partial charge in [-0.15, -0.1) is 10.2 Å². The van der Waals surface area contributed by atoms with Gasteiger partial charge in [-0.25, -0.2) is 5.43 Å². The monoisotopic (exact) mass is 351 g/mol. The van der Waals surface area contributed by atoms with Crippen molar-refractivity contribution in [2.75, 3.05) is 27.1 Å². The molecule has 0 aliphatic heterocycles. The lowest BCUT2D eigenvalue weighted by Gasteiger charge is -2.11. The summed E-state index contributed by atoms with van der Waals surface area (Å²) in [6.07, 6.45) is 1.50. The predicted octanol–water partition coefficient (Wildman–Crippen LogP) is 0.839. The molecule has 0 unspecified atom stereocenters. The minimum atomic E-state index is -0.332. The summed E-state index contributed by atoms with van der Waals surface area (Å²) in [4.78, 5) is 11.8. The number of aromatic nitrogens is 2. The molecule has 2 rings (SSSR count). The summed E-state index contributed by atoms with van der Waals surface area (Å²) in [7, 11) is 4.59. The molecule has 0 saturated carbocycles. The number of nitrogen functional groups attached to an aromatic ring is 1. The van der Waals surface area contributed by atoms with Crippen LogP contribution in [0.3, 0.4) is 0 Å². The number of nitrogens with two attached hydrogens (primary N) is 1. The summed E-state index contributed by atoms with van der Waals surface area (Å²) in [5, 5.41) is 12.2. The number of hydrazone groups is 1. The van der Waals surface area contributed by atoms with E-state index in [4.69, 9.17) is 19.9 Å². The first-order valence-corrected chi connectivity index (χ1v) is 7.58. The summed E-state index contributed by atoms with van der Waals surface area (Å²) >= 11 is 1.15. The van der Waals surface area contributed by atoms with Gasteiger partial charge in [0.1, 0.15) is 10.8 Å². The summed E-state index contributed by atoms with van der Waals surface area (Å²) < 4.78 is 15.7. The SMILES string of the molecule is COc1cc(OC)c(OC)cc1C=NNC(=O)Cc1nnc(N)s1. The minimum absolute atomic E-state index is 0.0509. The number of benzene rings is 1. The Morgan fingerprint density at radius 3 is 2.46 bits per heavy atom. The van der Waals surface area contributed by atoms with Crippen LogP contribution in [-0.4, -0.2) is 43.6 Å². The molecule has 0 aliphatic carbocycles. The van der Waals surface area contributed by atoms with Crippen molar-refractivity contribution in [1.82, 2.24) is 15.6 Å². The predicted molar refractivity (Wildman–Crippen MR) is 89.9 cm³/mol. The van der Waals surface area contributed by atoms with Gasteiger partial charge in [0.15, 0.2) is 11.5 Å². The molecule has 1 heterocycles. The molecular weight excluding hydrogens is 334 g/mol. The third kappa shape index (κ3) is 4.32. The Balaban J connectivity index is 2.06. The summed E-state index contributed by atoms with van der Waals surface area (Å²) in [6, 6.07) is 3.37. The van der Waals surface area contributed by atoms with E-state index < -0.39 is 0 Å². The Hall–Kier alpha value is -2.88. The quantitative estimate of drug-likeness (QED) is 0.560. The van der Waals surface area contributed by atoms with E-state index in [1.807, 2.05) is 0 Å². The Kier molecular flexibility index (Phi) is 5.90. The van der Waals surface area contributed by atoms with Gasteiger partial charge in [0.05, 0.1) is 34.0 Å². The Morgan fingerprint density at radius 1 is 1.21 bits per heavy atom. The zero-order chi connectivity index (χ0) is 17.5. The van der Waals surface area contributed by atoms with Crippen LogP contribution in [0.15, 0.2) is 17.2 Å². The topological polar surface area (TPSA) is 121 Å². The van der Waals surface area contributed by atoms with Crippen LogP contribution in [-0.2, 0) is 11.2 Å². The molecule has 24 heavy (non-hydrogen) atoms. The van der Waals surface area contributed by atoms with Gasteiger partial charge in [-0.2, -0.15) is 5.10 Å². The van der Waals surface area contributed by atoms with E-state index in [0.717, 1.165) is 11.3 Å². The fourth-order valence-electron chi connectivity index (χ4n) is 1.84. The van der Waals surface area contributed by atoms with Crippen molar-refractivity contribution >= 4 is 28.6 Å². The molecule has 2 aromatic rings. The highest BCUT2D eigenvalue weighted by Crippen LogP contribution is 2.33. The number of ether oxygens (including phenoxy) is 3. The average molecular weight is 351 g/mol. The molecule has 0 radical (unpaired) electrons. The normalized spacial score (nSPS) is 10.6. The number of nitrogens with one attached hydrogen (secondary N) is 1. The molecule has 0 spiro atoms. The van der Waals surface area contributed by atoms with Gasteiger partial charge in [0.25, 0.3) is 0 Å². The summed E-state index contributed by atoms with van der Waals surface area (Å²) in [6.45, 7) is 0. The molecule has 1 amide bonds. The lowest BCUT2D eigenvalue weighted by molar-refractivity contribution is -0.120. The molecule has 0 aliphatic rings. The van der Waals surface area contributed by atoms with Crippen LogP contribution in [0, 0.1) is 0 Å². The van der Waals surface area contributed by atoms with Crippen LogP contribution in [0.5, 0.6) is 17.2 Å². The minimum Gasteiger partial charge on any atom is -0.496 e. The molecule has 1 aromatic heterocycles. The standard InChI is InChI=1S/C14H17N5O4S/c1-21-9-5-11(23-3)10(22-2)4-8(9)7-16-17-12(20)6-13-18-19-14(15)24-13/h4-5,7H,6H2,1-3H3,(H2,15,19)(H,17,20). The Morgan fingerprint density at radius 2 is 1.88 bits per heavy atom. The highest BCUT2D eigenvalue weighted by Gasteiger charge is 2.11. The van der Waals surface area contributed by atoms with Crippen LogP contribution in [0.2, 0.25) is 0 Å². The fourth-order valence-corrected chi connectivity index (χ4v) is 2.45. The molecule has 0 fully saturated rings. The number of nitrogens with zero attached hydrogens (tertiary/aromatic N) is 3. The van der Waals surface area contributed by atoms with E-state index in [1.165, 1.54) is 27.5 Å². The van der Waals surface area contributed by atoms with Gasteiger partial charge in [-0.3, -0.25) is 4.79 Å². The number of hydrogen-bond donors (Lipinski definition) is 2. The summed E-state index contributed by atoms with van der Waals surface area (Å²) in [5.41, 5.74) is 8.49. The molecule has 10 heteroatoms. The van der Waals surface area contributed by atoms with Crippen LogP contribution in [0.4, 0.5) is 5.13 Å². The summed E-state index contributed by atoms with van der Waals surface area (Å²) in [5.74, 6) is 1.25. The second-order valence-corrected chi connectivity index (χ2v) is 5.55. The molecule has 0 saturated heterocycles. The second kappa shape index (κ2) is 8.11. The zero-order valence-electron chi connectivity index (χ0n) is 13.4. The van der Waals surface area contributed by atoms with E-state index in [-0.39, 0.29) is 12.3 Å². The van der Waals surface area contributed by atoms with Crippen molar-refractivity contribution in [3.8, 4) is 17.2 Å². The van der Waals surface area contributed by atoms with Crippen LogP contribution < -0.4 is 25.4 Å². The van der Waals surface area contributed by atoms with E-state index in [2.05, 4.69) is 20.7 Å². The van der Waals surface area contributed by atoms with Gasteiger partial charge in [-0.05, 0) is 6.07 Å². The van der Waals surface area contributed by atoms with Crippen molar-refractivity contribution in [3.05, 3.63) is 22.7 Å². The van der Waals surface area contributed by atoms with Gasteiger partial charge >= 0.3 is 0 Å². The van der Waals surface area contributed by atoms with Crippen molar-refractivity contribution in [3.63, 3.8) is 0 Å². The molecule has 0 bridgehead atoms. The van der Waals surface area contributed by atoms with Crippen molar-refractivity contribution in [2.24, 2.45) is 5.10 Å². The number of carbonyl (C=O) groups is 1. The number of carbonyl (C=O) groups excluding carboxylic acids is 1. The lowest BCUT2D eigenvalue weighted by Crippen LogP contribution is -2.19. The van der Waals surface area contributed by atoms with Gasteiger partial charge < -0.3 is 19.9 Å². The van der Waals surface area contributed by atoms with Gasteiger partial charge in [0.2, 0.25) is 11.0 Å². The third-order valence-corrected chi connectivity index (χ3v) is 3.68. The number of hydrogen-bond acceptors (Lipinski definition) is 9. The van der Waals surface area contributed by atoms with Crippen molar-refractivity contribution < 1.29 is 19.0 Å². The maximum absolute atomic E-state index is 11.8. The Bertz CT molecular complexity index is 747. The number of amides is 1. The number of methoxy groups -OCH3 is 3. The van der Waals surface area contributed by atoms with E-state index in [9.17, 15) is 4.79 Å². The van der Waals surface area contributed by atoms with Gasteiger partial charge in [-0.1, -0.05) is 11.3 Å². The Labute approximate surface area is 142 Å². The largest absolute Gasteiger partial charge is 0.496 e. The first-order valence-electron chi connectivity index (χ1n) is 6.77. The molecule has 3 N–H and O–H groups in total. The van der Waals surface area contributed by atoms with Crippen molar-refractivity contribution in [1.29, 1.82) is 0 Å². The van der Waals surface area contributed by atoms with E-state index in [1.54, 1.807) is 12.1 Å².